The summed E-state index contributed by atoms with van der Waals surface area (Å²) in [7, 11) is 0. The Hall–Kier alpha value is -5.64. The summed E-state index contributed by atoms with van der Waals surface area (Å²) in [5.74, 6) is -0.210. The number of amides is 1. The van der Waals surface area contributed by atoms with E-state index in [2.05, 4.69) is 40.0 Å². The number of carbonyl (C=O) groups is 1. The zero-order valence-electron chi connectivity index (χ0n) is 22.7. The number of tetrazole rings is 1. The van der Waals surface area contributed by atoms with Crippen LogP contribution in [-0.4, -0.2) is 82.2 Å². The highest BCUT2D eigenvalue weighted by Gasteiger charge is 2.32. The van der Waals surface area contributed by atoms with Crippen molar-refractivity contribution in [2.75, 3.05) is 26.2 Å². The van der Waals surface area contributed by atoms with E-state index in [1.807, 2.05) is 35.2 Å². The quantitative estimate of drug-likeness (QED) is 0.286. The predicted molar refractivity (Wildman–Crippen MR) is 148 cm³/mol. The van der Waals surface area contributed by atoms with Crippen LogP contribution >= 0.6 is 0 Å². The van der Waals surface area contributed by atoms with Crippen LogP contribution in [0.25, 0.3) is 33.9 Å². The summed E-state index contributed by atoms with van der Waals surface area (Å²) < 4.78 is 36.8. The summed E-state index contributed by atoms with van der Waals surface area (Å²) in [6.07, 6.45) is 1.52. The van der Waals surface area contributed by atoms with Crippen LogP contribution in [-0.2, 0) is 0 Å². The van der Waals surface area contributed by atoms with Gasteiger partial charge < -0.3 is 9.32 Å². The van der Waals surface area contributed by atoms with Gasteiger partial charge in [-0.3, -0.25) is 24.2 Å². The third-order valence-electron chi connectivity index (χ3n) is 7.27. The van der Waals surface area contributed by atoms with Crippen molar-refractivity contribution in [3.63, 3.8) is 0 Å². The number of aromatic nitrogens is 8. The minimum absolute atomic E-state index is 0.158. The normalized spacial score (nSPS) is 14.8. The Morgan fingerprint density at radius 3 is 2.52 bits per heavy atom. The van der Waals surface area contributed by atoms with Gasteiger partial charge in [0.25, 0.3) is 5.91 Å². The van der Waals surface area contributed by atoms with Gasteiger partial charge in [0.15, 0.2) is 17.2 Å². The van der Waals surface area contributed by atoms with E-state index in [1.165, 1.54) is 6.20 Å². The lowest BCUT2D eigenvalue weighted by Gasteiger charge is -2.38. The molecule has 1 fully saturated rings. The molecule has 0 unspecified atom stereocenters. The highest BCUT2D eigenvalue weighted by molar-refractivity contribution is 5.93. The predicted octanol–water partition coefficient (Wildman–Crippen LogP) is 3.16. The van der Waals surface area contributed by atoms with Crippen molar-refractivity contribution in [1.82, 2.24) is 50.1 Å². The SMILES string of the molecule is O=C(c1cc(-c2nc3cc(-c4noc(=O)[nH]4)ccc3o2)ccn1)N1CCN([C@H](c2ccccc2)c2nnn(C(F)F)n2)CC1. The number of oxazole rings is 1. The molecule has 14 nitrogen and oxygen atoms in total. The van der Waals surface area contributed by atoms with Crippen LogP contribution in [0, 0.1) is 0 Å². The molecular formula is C28H22F2N10O4. The molecule has 1 saturated heterocycles. The number of rotatable bonds is 7. The zero-order chi connectivity index (χ0) is 30.2. The molecule has 6 aromatic rings. The third kappa shape index (κ3) is 5.22. The standard InChI is InChI=1S/C28H22F2N10O4/c29-27(30)40-35-24(34-37-40)22(16-4-2-1-3-5-16)38-10-12-39(13-11-38)26(41)20-15-18(8-9-31-20)25-32-19-14-17(6-7-21(19)43-25)23-33-28(42)44-36-23/h1-9,14-15,22,27H,10-13H2,(H,33,36,42)/t22-/m1/s1. The van der Waals surface area contributed by atoms with Crippen molar-refractivity contribution in [2.24, 2.45) is 0 Å². The number of hydrogen-bond donors (Lipinski definition) is 1. The first-order valence-electron chi connectivity index (χ1n) is 13.5. The number of aromatic amines is 1. The molecule has 1 N–H and O–H groups in total. The van der Waals surface area contributed by atoms with Gasteiger partial charge >= 0.3 is 12.3 Å². The molecule has 16 heteroatoms. The summed E-state index contributed by atoms with van der Waals surface area (Å²) in [4.78, 5) is 40.1. The Kier molecular flexibility index (Phi) is 6.94. The third-order valence-corrected chi connectivity index (χ3v) is 7.27. The molecule has 1 atom stereocenters. The maximum atomic E-state index is 13.5. The van der Waals surface area contributed by atoms with E-state index in [4.69, 9.17) is 4.42 Å². The molecule has 2 aromatic carbocycles. The van der Waals surface area contributed by atoms with Gasteiger partial charge in [-0.1, -0.05) is 40.3 Å². The lowest BCUT2D eigenvalue weighted by atomic mass is 10.0. The first-order valence-corrected chi connectivity index (χ1v) is 13.5. The first-order chi connectivity index (χ1) is 21.4. The highest BCUT2D eigenvalue weighted by atomic mass is 19.3. The Morgan fingerprint density at radius 1 is 0.977 bits per heavy atom. The van der Waals surface area contributed by atoms with Gasteiger partial charge in [-0.25, -0.2) is 9.78 Å². The molecule has 4 aromatic heterocycles. The van der Waals surface area contributed by atoms with E-state index in [1.54, 1.807) is 35.2 Å². The van der Waals surface area contributed by atoms with Crippen LogP contribution in [0.2, 0.25) is 0 Å². The van der Waals surface area contributed by atoms with E-state index >= 15 is 0 Å². The smallest absolute Gasteiger partial charge is 0.436 e. The minimum Gasteiger partial charge on any atom is -0.436 e. The summed E-state index contributed by atoms with van der Waals surface area (Å²) in [5, 5.41) is 15.0. The van der Waals surface area contributed by atoms with Gasteiger partial charge in [0.1, 0.15) is 11.2 Å². The maximum Gasteiger partial charge on any atom is 0.439 e. The number of benzene rings is 2. The fraction of sp³-hybridized carbons (Fsp3) is 0.214. The number of carbonyl (C=O) groups excluding carboxylic acids is 1. The van der Waals surface area contributed by atoms with Crippen molar-refractivity contribution >= 4 is 17.0 Å². The average Bonchev–Trinajstić information content (AvgIpc) is 3.82. The lowest BCUT2D eigenvalue weighted by Crippen LogP contribution is -2.50. The van der Waals surface area contributed by atoms with Crippen LogP contribution in [0.5, 0.6) is 0 Å². The first kappa shape index (κ1) is 27.2. The second-order valence-corrected chi connectivity index (χ2v) is 9.96. The molecule has 5 heterocycles. The molecule has 44 heavy (non-hydrogen) atoms. The molecule has 222 valence electrons. The van der Waals surface area contributed by atoms with E-state index in [0.717, 1.165) is 5.56 Å². The van der Waals surface area contributed by atoms with Crippen LogP contribution in [0.15, 0.2) is 80.6 Å². The van der Waals surface area contributed by atoms with Gasteiger partial charge in [0.2, 0.25) is 5.89 Å². The van der Waals surface area contributed by atoms with Crippen molar-refractivity contribution in [3.8, 4) is 22.8 Å². The van der Waals surface area contributed by atoms with E-state index in [9.17, 15) is 18.4 Å². The molecule has 0 bridgehead atoms. The molecule has 1 aliphatic heterocycles. The molecule has 1 amide bonds. The molecular weight excluding hydrogens is 578 g/mol. The number of nitrogens with zero attached hydrogens (tertiary/aromatic N) is 9. The molecule has 0 spiro atoms. The van der Waals surface area contributed by atoms with Gasteiger partial charge in [-0.2, -0.15) is 8.78 Å². The largest absolute Gasteiger partial charge is 0.439 e. The summed E-state index contributed by atoms with van der Waals surface area (Å²) in [6.45, 7) is -1.28. The van der Waals surface area contributed by atoms with Crippen LogP contribution in [0.3, 0.4) is 0 Å². The highest BCUT2D eigenvalue weighted by Crippen LogP contribution is 2.29. The van der Waals surface area contributed by atoms with Gasteiger partial charge in [-0.15, -0.1) is 10.2 Å². The summed E-state index contributed by atoms with van der Waals surface area (Å²) >= 11 is 0. The Morgan fingerprint density at radius 2 is 1.80 bits per heavy atom. The fourth-order valence-electron chi connectivity index (χ4n) is 5.17. The number of fused-ring (bicyclic) bond motifs is 1. The van der Waals surface area contributed by atoms with Crippen LogP contribution in [0.4, 0.5) is 8.78 Å². The second-order valence-electron chi connectivity index (χ2n) is 9.96. The summed E-state index contributed by atoms with van der Waals surface area (Å²) in [5.41, 5.74) is 3.24. The molecule has 0 saturated carbocycles. The van der Waals surface area contributed by atoms with E-state index in [-0.39, 0.29) is 28.0 Å². The number of halogens is 2. The number of nitrogens with one attached hydrogen (secondary N) is 1. The monoisotopic (exact) mass is 600 g/mol. The van der Waals surface area contributed by atoms with Gasteiger partial charge in [0, 0.05) is 43.5 Å². The molecule has 7 rings (SSSR count). The van der Waals surface area contributed by atoms with Gasteiger partial charge in [0.05, 0.1) is 6.04 Å². The van der Waals surface area contributed by atoms with Crippen molar-refractivity contribution in [3.05, 3.63) is 94.5 Å². The zero-order valence-corrected chi connectivity index (χ0v) is 22.7. The lowest BCUT2D eigenvalue weighted by molar-refractivity contribution is 0.0385. The van der Waals surface area contributed by atoms with Crippen LogP contribution in [0.1, 0.15) is 34.5 Å². The number of pyridine rings is 1. The van der Waals surface area contributed by atoms with Crippen molar-refractivity contribution in [1.29, 1.82) is 0 Å². The Labute approximate surface area is 245 Å². The minimum atomic E-state index is -2.90. The molecule has 1 aliphatic rings. The second kappa shape index (κ2) is 11.2. The number of hydrogen-bond acceptors (Lipinski definition) is 11. The Bertz CT molecular complexity index is 2000. The van der Waals surface area contributed by atoms with Crippen molar-refractivity contribution in [2.45, 2.75) is 12.6 Å². The molecule has 0 aliphatic carbocycles. The van der Waals surface area contributed by atoms with Crippen LogP contribution < -0.4 is 5.76 Å². The number of alkyl halides is 2. The fourth-order valence-corrected chi connectivity index (χ4v) is 5.17. The van der Waals surface area contributed by atoms with Crippen molar-refractivity contribution < 1.29 is 22.5 Å². The molecule has 0 radical (unpaired) electrons. The number of H-pyrrole nitrogens is 1. The van der Waals surface area contributed by atoms with E-state index < -0.39 is 18.3 Å². The maximum absolute atomic E-state index is 13.5. The average molecular weight is 601 g/mol. The topological polar surface area (TPSA) is 165 Å². The Balaban J connectivity index is 1.08. The number of piperazine rings is 1. The van der Waals surface area contributed by atoms with E-state index in [0.29, 0.717) is 54.3 Å². The summed E-state index contributed by atoms with van der Waals surface area (Å²) in [6, 6.07) is 17.3. The van der Waals surface area contributed by atoms with Gasteiger partial charge in [-0.05, 0) is 41.1 Å².